The van der Waals surface area contributed by atoms with Crippen molar-refractivity contribution in [2.24, 2.45) is 5.73 Å². The summed E-state index contributed by atoms with van der Waals surface area (Å²) >= 11 is 3.46. The van der Waals surface area contributed by atoms with Gasteiger partial charge in [-0.2, -0.15) is 0 Å². The summed E-state index contributed by atoms with van der Waals surface area (Å²) in [5.74, 6) is 0.867. The van der Waals surface area contributed by atoms with Crippen LogP contribution in [-0.2, 0) is 16.0 Å². The Morgan fingerprint density at radius 3 is 2.63 bits per heavy atom. The summed E-state index contributed by atoms with van der Waals surface area (Å²) in [6.07, 6.45) is 0.905. The molecule has 0 bridgehead atoms. The Labute approximate surface area is 123 Å². The summed E-state index contributed by atoms with van der Waals surface area (Å²) < 4.78 is 17.2. The molecule has 5 heteroatoms. The van der Waals surface area contributed by atoms with Crippen molar-refractivity contribution in [1.29, 1.82) is 0 Å². The number of methoxy groups -OCH3 is 1. The van der Waals surface area contributed by atoms with Crippen LogP contribution in [0.15, 0.2) is 16.6 Å². The Balaban J connectivity index is 2.36. The molecule has 19 heavy (non-hydrogen) atoms. The van der Waals surface area contributed by atoms with Gasteiger partial charge in [-0.25, -0.2) is 0 Å². The van der Waals surface area contributed by atoms with E-state index in [2.05, 4.69) is 15.9 Å². The van der Waals surface area contributed by atoms with Crippen molar-refractivity contribution in [1.82, 2.24) is 0 Å². The van der Waals surface area contributed by atoms with Crippen LogP contribution in [0.4, 0.5) is 0 Å². The molecular formula is C14H22BrNO3. The normalized spacial score (nSPS) is 10.7. The minimum atomic E-state index is 0.463. The fourth-order valence-corrected chi connectivity index (χ4v) is 2.39. The van der Waals surface area contributed by atoms with Crippen LogP contribution in [0.2, 0.25) is 0 Å². The van der Waals surface area contributed by atoms with E-state index >= 15 is 0 Å². The van der Waals surface area contributed by atoms with E-state index in [1.54, 1.807) is 7.11 Å². The molecule has 108 valence electrons. The maximum Gasteiger partial charge on any atom is 0.126 e. The van der Waals surface area contributed by atoms with Gasteiger partial charge in [0.15, 0.2) is 0 Å². The van der Waals surface area contributed by atoms with Gasteiger partial charge < -0.3 is 19.9 Å². The molecule has 0 aliphatic carbocycles. The predicted octanol–water partition coefficient (Wildman–Crippen LogP) is 2.65. The molecule has 0 radical (unpaired) electrons. The van der Waals surface area contributed by atoms with Gasteiger partial charge in [-0.05, 0) is 31.0 Å². The number of ether oxygens (including phenoxy) is 3. The lowest BCUT2D eigenvalue weighted by molar-refractivity contribution is 0.0802. The Hall–Kier alpha value is -0.620. The molecule has 0 aliphatic rings. The molecule has 0 unspecified atom stereocenters. The second kappa shape index (κ2) is 9.31. The lowest BCUT2D eigenvalue weighted by atomic mass is 10.1. The van der Waals surface area contributed by atoms with Gasteiger partial charge in [-0.1, -0.05) is 15.9 Å². The topological polar surface area (TPSA) is 53.7 Å². The van der Waals surface area contributed by atoms with Gasteiger partial charge in [0, 0.05) is 36.9 Å². The van der Waals surface area contributed by atoms with Gasteiger partial charge >= 0.3 is 0 Å². The van der Waals surface area contributed by atoms with Crippen molar-refractivity contribution >= 4 is 15.9 Å². The Bertz CT molecular complexity index is 385. The standard InChI is InChI=1S/C14H22BrNO3/c1-11-8-13(15)9-12(10-16)14(11)19-7-6-18-5-3-4-17-2/h8-9H,3-7,10,16H2,1-2H3. The third-order valence-electron chi connectivity index (χ3n) is 2.65. The molecule has 0 aromatic heterocycles. The number of hydrogen-bond acceptors (Lipinski definition) is 4. The molecule has 0 aliphatic heterocycles. The monoisotopic (exact) mass is 331 g/mol. The SMILES string of the molecule is COCCCOCCOc1c(C)cc(Br)cc1CN. The highest BCUT2D eigenvalue weighted by Crippen LogP contribution is 2.27. The van der Waals surface area contributed by atoms with E-state index in [4.69, 9.17) is 19.9 Å². The van der Waals surface area contributed by atoms with Crippen LogP contribution in [0.25, 0.3) is 0 Å². The molecule has 0 fully saturated rings. The van der Waals surface area contributed by atoms with Crippen LogP contribution >= 0.6 is 15.9 Å². The average Bonchev–Trinajstić information content (AvgIpc) is 2.39. The molecule has 1 aromatic carbocycles. The molecule has 1 rings (SSSR count). The molecule has 1 aromatic rings. The van der Waals surface area contributed by atoms with Crippen molar-refractivity contribution in [2.75, 3.05) is 33.5 Å². The number of nitrogens with two attached hydrogens (primary N) is 1. The minimum absolute atomic E-state index is 0.463. The average molecular weight is 332 g/mol. The van der Waals surface area contributed by atoms with Crippen molar-refractivity contribution in [3.05, 3.63) is 27.7 Å². The fraction of sp³-hybridized carbons (Fsp3) is 0.571. The fourth-order valence-electron chi connectivity index (χ4n) is 1.77. The first-order chi connectivity index (χ1) is 9.19. The van der Waals surface area contributed by atoms with E-state index in [1.165, 1.54) is 0 Å². The molecule has 0 amide bonds. The molecule has 0 saturated heterocycles. The van der Waals surface area contributed by atoms with Crippen LogP contribution in [-0.4, -0.2) is 33.5 Å². The summed E-state index contributed by atoms with van der Waals surface area (Å²) in [4.78, 5) is 0. The molecule has 0 atom stereocenters. The second-order valence-electron chi connectivity index (χ2n) is 4.22. The Morgan fingerprint density at radius 2 is 1.95 bits per heavy atom. The van der Waals surface area contributed by atoms with Crippen molar-refractivity contribution in [3.63, 3.8) is 0 Å². The summed E-state index contributed by atoms with van der Waals surface area (Å²) in [5.41, 5.74) is 7.81. The molecule has 0 spiro atoms. The highest BCUT2D eigenvalue weighted by molar-refractivity contribution is 9.10. The predicted molar refractivity (Wildman–Crippen MR) is 79.6 cm³/mol. The van der Waals surface area contributed by atoms with Gasteiger partial charge in [-0.3, -0.25) is 0 Å². The number of aryl methyl sites for hydroxylation is 1. The highest BCUT2D eigenvalue weighted by atomic mass is 79.9. The molecule has 2 N–H and O–H groups in total. The molecule has 0 heterocycles. The zero-order valence-electron chi connectivity index (χ0n) is 11.6. The van der Waals surface area contributed by atoms with Crippen molar-refractivity contribution in [3.8, 4) is 5.75 Å². The van der Waals surface area contributed by atoms with Crippen LogP contribution in [0.5, 0.6) is 5.75 Å². The van der Waals surface area contributed by atoms with Crippen LogP contribution in [0, 0.1) is 6.92 Å². The van der Waals surface area contributed by atoms with E-state index in [1.807, 2.05) is 19.1 Å². The van der Waals surface area contributed by atoms with Crippen molar-refractivity contribution in [2.45, 2.75) is 19.9 Å². The van der Waals surface area contributed by atoms with E-state index < -0.39 is 0 Å². The summed E-state index contributed by atoms with van der Waals surface area (Å²) in [6, 6.07) is 4.01. The van der Waals surface area contributed by atoms with Crippen molar-refractivity contribution < 1.29 is 14.2 Å². The maximum atomic E-state index is 5.76. The quantitative estimate of drug-likeness (QED) is 0.707. The largest absolute Gasteiger partial charge is 0.491 e. The van der Waals surface area contributed by atoms with Gasteiger partial charge in [0.2, 0.25) is 0 Å². The smallest absolute Gasteiger partial charge is 0.126 e. The zero-order chi connectivity index (χ0) is 14.1. The Morgan fingerprint density at radius 1 is 1.16 bits per heavy atom. The van der Waals surface area contributed by atoms with Crippen LogP contribution < -0.4 is 10.5 Å². The second-order valence-corrected chi connectivity index (χ2v) is 5.14. The van der Waals surface area contributed by atoms with Crippen LogP contribution in [0.3, 0.4) is 0 Å². The van der Waals surface area contributed by atoms with E-state index in [0.29, 0.717) is 26.4 Å². The van der Waals surface area contributed by atoms with Gasteiger partial charge in [0.1, 0.15) is 12.4 Å². The minimum Gasteiger partial charge on any atom is -0.491 e. The van der Waals surface area contributed by atoms with E-state index in [9.17, 15) is 0 Å². The highest BCUT2D eigenvalue weighted by Gasteiger charge is 2.07. The van der Waals surface area contributed by atoms with E-state index in [-0.39, 0.29) is 0 Å². The first-order valence-corrected chi connectivity index (χ1v) is 7.17. The number of halogens is 1. The van der Waals surface area contributed by atoms with Gasteiger partial charge in [0.05, 0.1) is 6.61 Å². The lowest BCUT2D eigenvalue weighted by Crippen LogP contribution is -2.11. The zero-order valence-corrected chi connectivity index (χ0v) is 13.2. The number of rotatable bonds is 9. The third-order valence-corrected chi connectivity index (χ3v) is 3.11. The number of benzene rings is 1. The Kier molecular flexibility index (Phi) is 8.05. The maximum absolute atomic E-state index is 5.76. The lowest BCUT2D eigenvalue weighted by Gasteiger charge is -2.14. The summed E-state index contributed by atoms with van der Waals surface area (Å²) in [5, 5.41) is 0. The number of hydrogen-bond donors (Lipinski definition) is 1. The first-order valence-electron chi connectivity index (χ1n) is 6.37. The molecule has 4 nitrogen and oxygen atoms in total. The molecule has 0 saturated carbocycles. The first kappa shape index (κ1) is 16.4. The van der Waals surface area contributed by atoms with E-state index in [0.717, 1.165) is 34.4 Å². The van der Waals surface area contributed by atoms with Gasteiger partial charge in [-0.15, -0.1) is 0 Å². The van der Waals surface area contributed by atoms with Gasteiger partial charge in [0.25, 0.3) is 0 Å². The third kappa shape index (κ3) is 5.91. The van der Waals surface area contributed by atoms with Crippen LogP contribution in [0.1, 0.15) is 17.5 Å². The molecular weight excluding hydrogens is 310 g/mol. The summed E-state index contributed by atoms with van der Waals surface area (Å²) in [7, 11) is 1.69. The summed E-state index contributed by atoms with van der Waals surface area (Å²) in [6.45, 7) is 5.00.